The average Bonchev–Trinajstić information content (AvgIpc) is 2.82. The molecule has 19 heavy (non-hydrogen) atoms. The fourth-order valence-corrected chi connectivity index (χ4v) is 2.30. The number of carboxylic acid groups (broad SMARTS) is 1. The van der Waals surface area contributed by atoms with Crippen LogP contribution in [-0.2, 0) is 9.53 Å². The Morgan fingerprint density at radius 2 is 2.21 bits per heavy atom. The Labute approximate surface area is 114 Å². The van der Waals surface area contributed by atoms with E-state index in [1.165, 1.54) is 4.90 Å². The third-order valence-corrected chi connectivity index (χ3v) is 3.50. The summed E-state index contributed by atoms with van der Waals surface area (Å²) in [4.78, 5) is 23.7. The lowest BCUT2D eigenvalue weighted by Gasteiger charge is -2.21. The predicted molar refractivity (Wildman–Crippen MR) is 71.0 cm³/mol. The van der Waals surface area contributed by atoms with Gasteiger partial charge < -0.3 is 20.1 Å². The number of amides is 2. The Morgan fingerprint density at radius 3 is 2.84 bits per heavy atom. The minimum Gasteiger partial charge on any atom is -0.481 e. The van der Waals surface area contributed by atoms with E-state index >= 15 is 0 Å². The van der Waals surface area contributed by atoms with Crippen molar-refractivity contribution in [1.29, 1.82) is 0 Å². The summed E-state index contributed by atoms with van der Waals surface area (Å²) in [6, 6.07) is -0.146. The first-order valence-corrected chi connectivity index (χ1v) is 6.87. The molecule has 1 fully saturated rings. The molecule has 0 bridgehead atoms. The van der Waals surface area contributed by atoms with E-state index in [0.29, 0.717) is 25.4 Å². The van der Waals surface area contributed by atoms with Gasteiger partial charge in [-0.1, -0.05) is 6.92 Å². The highest BCUT2D eigenvalue weighted by molar-refractivity contribution is 5.74. The van der Waals surface area contributed by atoms with E-state index < -0.39 is 5.97 Å². The topological polar surface area (TPSA) is 78.9 Å². The molecule has 2 amide bonds. The second-order valence-corrected chi connectivity index (χ2v) is 4.97. The van der Waals surface area contributed by atoms with Gasteiger partial charge in [-0.15, -0.1) is 0 Å². The van der Waals surface area contributed by atoms with Crippen molar-refractivity contribution >= 4 is 12.0 Å². The lowest BCUT2D eigenvalue weighted by atomic mass is 10.00. The molecular formula is C13H24N2O4. The number of carbonyl (C=O) groups excluding carboxylic acids is 1. The van der Waals surface area contributed by atoms with Gasteiger partial charge in [0.1, 0.15) is 0 Å². The molecule has 1 aliphatic heterocycles. The zero-order valence-electron chi connectivity index (χ0n) is 11.7. The van der Waals surface area contributed by atoms with Crippen molar-refractivity contribution in [1.82, 2.24) is 10.2 Å². The van der Waals surface area contributed by atoms with Gasteiger partial charge in [-0.2, -0.15) is 0 Å². The smallest absolute Gasteiger partial charge is 0.317 e. The fourth-order valence-electron chi connectivity index (χ4n) is 2.30. The molecule has 1 heterocycles. The van der Waals surface area contributed by atoms with Gasteiger partial charge in [-0.05, 0) is 19.3 Å². The van der Waals surface area contributed by atoms with Crippen molar-refractivity contribution in [3.05, 3.63) is 0 Å². The van der Waals surface area contributed by atoms with E-state index in [0.717, 1.165) is 19.4 Å². The van der Waals surface area contributed by atoms with Gasteiger partial charge in [-0.3, -0.25) is 4.79 Å². The number of urea groups is 1. The van der Waals surface area contributed by atoms with Crippen molar-refractivity contribution in [2.45, 2.75) is 38.7 Å². The minimum atomic E-state index is -0.831. The van der Waals surface area contributed by atoms with Gasteiger partial charge in [-0.25, -0.2) is 4.79 Å². The average molecular weight is 272 g/mol. The SMILES string of the molecule is CCC1OCCC1CNC(=O)N(C)CCCC(=O)O. The second kappa shape index (κ2) is 7.99. The van der Waals surface area contributed by atoms with Gasteiger partial charge in [0.25, 0.3) is 0 Å². The van der Waals surface area contributed by atoms with Gasteiger partial charge in [0.15, 0.2) is 0 Å². The normalized spacial score (nSPS) is 22.2. The summed E-state index contributed by atoms with van der Waals surface area (Å²) >= 11 is 0. The second-order valence-electron chi connectivity index (χ2n) is 4.97. The summed E-state index contributed by atoms with van der Waals surface area (Å²) in [6.07, 6.45) is 2.77. The minimum absolute atomic E-state index is 0.0893. The molecule has 2 unspecified atom stereocenters. The van der Waals surface area contributed by atoms with Crippen LogP contribution in [0.3, 0.4) is 0 Å². The van der Waals surface area contributed by atoms with Crippen LogP contribution in [-0.4, -0.2) is 54.9 Å². The number of hydrogen-bond donors (Lipinski definition) is 2. The molecule has 0 aromatic rings. The van der Waals surface area contributed by atoms with Crippen LogP contribution in [0.2, 0.25) is 0 Å². The third-order valence-electron chi connectivity index (χ3n) is 3.50. The summed E-state index contributed by atoms with van der Waals surface area (Å²) in [7, 11) is 1.68. The monoisotopic (exact) mass is 272 g/mol. The van der Waals surface area contributed by atoms with Crippen LogP contribution in [0, 0.1) is 5.92 Å². The lowest BCUT2D eigenvalue weighted by molar-refractivity contribution is -0.137. The van der Waals surface area contributed by atoms with Crippen molar-refractivity contribution in [2.24, 2.45) is 5.92 Å². The molecule has 110 valence electrons. The quantitative estimate of drug-likeness (QED) is 0.732. The molecule has 2 N–H and O–H groups in total. The molecule has 1 rings (SSSR count). The molecule has 6 heteroatoms. The Bertz CT molecular complexity index is 309. The Morgan fingerprint density at radius 1 is 1.47 bits per heavy atom. The Hall–Kier alpha value is -1.30. The van der Waals surface area contributed by atoms with Crippen molar-refractivity contribution in [3.8, 4) is 0 Å². The molecule has 1 saturated heterocycles. The number of hydrogen-bond acceptors (Lipinski definition) is 3. The molecule has 1 aliphatic rings. The summed E-state index contributed by atoms with van der Waals surface area (Å²) in [5.41, 5.74) is 0. The first-order chi connectivity index (χ1) is 9.04. The van der Waals surface area contributed by atoms with Crippen LogP contribution in [0.15, 0.2) is 0 Å². The van der Waals surface area contributed by atoms with E-state index in [4.69, 9.17) is 9.84 Å². The van der Waals surface area contributed by atoms with E-state index in [-0.39, 0.29) is 18.6 Å². The predicted octanol–water partition coefficient (Wildman–Crippen LogP) is 1.31. The molecule has 0 saturated carbocycles. The van der Waals surface area contributed by atoms with E-state index in [1.54, 1.807) is 7.05 Å². The molecular weight excluding hydrogens is 248 g/mol. The standard InChI is InChI=1S/C13H24N2O4/c1-3-11-10(6-8-19-11)9-14-13(18)15(2)7-4-5-12(16)17/h10-11H,3-9H2,1-2H3,(H,14,18)(H,16,17). The lowest BCUT2D eigenvalue weighted by Crippen LogP contribution is -2.41. The number of nitrogens with one attached hydrogen (secondary N) is 1. The van der Waals surface area contributed by atoms with Gasteiger partial charge in [0.2, 0.25) is 0 Å². The van der Waals surface area contributed by atoms with Gasteiger partial charge in [0, 0.05) is 39.1 Å². The van der Waals surface area contributed by atoms with E-state index in [1.807, 2.05) is 0 Å². The van der Waals surface area contributed by atoms with Crippen LogP contribution < -0.4 is 5.32 Å². The molecule has 0 radical (unpaired) electrons. The molecule has 0 spiro atoms. The third kappa shape index (κ3) is 5.46. The number of carbonyl (C=O) groups is 2. The summed E-state index contributed by atoms with van der Waals surface area (Å²) in [5.74, 6) is -0.441. The van der Waals surface area contributed by atoms with Crippen molar-refractivity contribution < 1.29 is 19.4 Å². The van der Waals surface area contributed by atoms with Crippen molar-refractivity contribution in [3.63, 3.8) is 0 Å². The highest BCUT2D eigenvalue weighted by Crippen LogP contribution is 2.22. The highest BCUT2D eigenvalue weighted by atomic mass is 16.5. The number of nitrogens with zero attached hydrogens (tertiary/aromatic N) is 1. The van der Waals surface area contributed by atoms with Gasteiger partial charge in [0.05, 0.1) is 6.10 Å². The zero-order valence-corrected chi connectivity index (χ0v) is 11.7. The number of rotatable bonds is 7. The zero-order chi connectivity index (χ0) is 14.3. The Kier molecular flexibility index (Phi) is 6.62. The van der Waals surface area contributed by atoms with Gasteiger partial charge >= 0.3 is 12.0 Å². The van der Waals surface area contributed by atoms with Crippen LogP contribution in [0.25, 0.3) is 0 Å². The number of carboxylic acids is 1. The van der Waals surface area contributed by atoms with Crippen LogP contribution in [0.4, 0.5) is 4.79 Å². The summed E-state index contributed by atoms with van der Waals surface area (Å²) < 4.78 is 5.57. The van der Waals surface area contributed by atoms with Crippen molar-refractivity contribution in [2.75, 3.05) is 26.7 Å². The van der Waals surface area contributed by atoms with Crippen LogP contribution >= 0.6 is 0 Å². The first-order valence-electron chi connectivity index (χ1n) is 6.87. The largest absolute Gasteiger partial charge is 0.481 e. The van der Waals surface area contributed by atoms with Crippen LogP contribution in [0.5, 0.6) is 0 Å². The molecule has 6 nitrogen and oxygen atoms in total. The van der Waals surface area contributed by atoms with Crippen LogP contribution in [0.1, 0.15) is 32.6 Å². The maximum Gasteiger partial charge on any atom is 0.317 e. The van der Waals surface area contributed by atoms with E-state index in [9.17, 15) is 9.59 Å². The molecule has 0 aliphatic carbocycles. The first kappa shape index (κ1) is 15.8. The molecule has 2 atom stereocenters. The summed E-state index contributed by atoms with van der Waals surface area (Å²) in [6.45, 7) is 3.94. The number of ether oxygens (including phenoxy) is 1. The maximum absolute atomic E-state index is 11.8. The Balaban J connectivity index is 2.20. The number of aliphatic carboxylic acids is 1. The fraction of sp³-hybridized carbons (Fsp3) is 0.846. The van der Waals surface area contributed by atoms with E-state index in [2.05, 4.69) is 12.2 Å². The highest BCUT2D eigenvalue weighted by Gasteiger charge is 2.27. The molecule has 0 aromatic carbocycles. The summed E-state index contributed by atoms with van der Waals surface area (Å²) in [5, 5.41) is 11.4. The maximum atomic E-state index is 11.8. The molecule has 0 aromatic heterocycles.